The van der Waals surface area contributed by atoms with Gasteiger partial charge in [-0.1, -0.05) is 38.3 Å². The molecule has 3 unspecified atom stereocenters. The highest BCUT2D eigenvalue weighted by Crippen LogP contribution is 3.02. The molecule has 15 heteroatoms. The summed E-state index contributed by atoms with van der Waals surface area (Å²) in [5, 5.41) is 15.8. The first-order chi connectivity index (χ1) is 19.7. The van der Waals surface area contributed by atoms with Gasteiger partial charge in [-0.2, -0.15) is 5.26 Å². The van der Waals surface area contributed by atoms with Crippen molar-refractivity contribution >= 4 is 27.7 Å². The predicted molar refractivity (Wildman–Crippen MR) is 147 cm³/mol. The van der Waals surface area contributed by atoms with E-state index in [1.807, 2.05) is 6.19 Å². The summed E-state index contributed by atoms with van der Waals surface area (Å²) in [5.41, 5.74) is -0.00821. The largest absolute Gasteiger partial charge is 0.379 e. The number of anilines is 1. The quantitative estimate of drug-likeness (QED) is 0.207. The number of pyridine rings is 1. The zero-order chi connectivity index (χ0) is 30.6. The van der Waals surface area contributed by atoms with Crippen LogP contribution in [0.25, 0.3) is 0 Å². The van der Waals surface area contributed by atoms with Crippen molar-refractivity contribution < 1.29 is 33.8 Å². The third-order valence-electron chi connectivity index (χ3n) is 7.53. The lowest BCUT2D eigenvalue weighted by Gasteiger charge is -2.41. The van der Waals surface area contributed by atoms with Gasteiger partial charge in [-0.15, -0.1) is 0 Å². The second-order valence-electron chi connectivity index (χ2n) is 10.4. The number of halogens is 5. The molecule has 2 heterocycles. The molecule has 1 saturated carbocycles. The smallest absolute Gasteiger partial charge is 0.310 e. The summed E-state index contributed by atoms with van der Waals surface area (Å²) in [6.07, 6.45) is 8.57. The molecule has 1 aromatic heterocycles. The molecule has 2 aliphatic rings. The second kappa shape index (κ2) is 11.7. The van der Waals surface area contributed by atoms with Crippen molar-refractivity contribution in [3.8, 4) is 6.19 Å². The number of hydrogen-bond acceptors (Lipinski definition) is 7. The molecule has 0 radical (unpaired) electrons. The molecular weight excluding hydrogens is 583 g/mol. The van der Waals surface area contributed by atoms with Gasteiger partial charge in [0.05, 0.1) is 12.6 Å². The van der Waals surface area contributed by atoms with Crippen LogP contribution < -0.4 is 15.5 Å². The molecule has 42 heavy (non-hydrogen) atoms. The summed E-state index contributed by atoms with van der Waals surface area (Å²) >= 11 is 0. The fraction of sp³-hybridized carbons (Fsp3) is 0.481. The molecule has 1 saturated heterocycles. The minimum atomic E-state index is -10.0. The number of amides is 2. The average molecular weight is 617 g/mol. The molecule has 2 fully saturated rings. The van der Waals surface area contributed by atoms with Crippen LogP contribution in [0.5, 0.6) is 0 Å². The maximum atomic E-state index is 14.1. The summed E-state index contributed by atoms with van der Waals surface area (Å²) in [5.74, 6) is -1.45. The molecule has 0 bridgehead atoms. The maximum Gasteiger partial charge on any atom is 0.310 e. The Kier molecular flexibility index (Phi) is 8.73. The van der Waals surface area contributed by atoms with Gasteiger partial charge in [0.2, 0.25) is 5.91 Å². The van der Waals surface area contributed by atoms with E-state index >= 15 is 0 Å². The van der Waals surface area contributed by atoms with Crippen molar-refractivity contribution in [3.05, 3.63) is 54.4 Å². The second-order valence-corrected chi connectivity index (χ2v) is 12.9. The zero-order valence-electron chi connectivity index (χ0n) is 22.9. The predicted octanol–water partition coefficient (Wildman–Crippen LogP) is 5.03. The van der Waals surface area contributed by atoms with Gasteiger partial charge in [-0.3, -0.25) is 24.4 Å². The standard InChI is InChI=1S/C27H33F5N6O3S/c1-41-22-15-24(37(17-22)18-33)27(40)38(21-8-10-23(11-9-21)42(28,29,30,31)32)25(19-5-4-12-34-16-19)26(39)36-14-13-35-20-6-2-3-7-20/h4-5,8-12,16,20,22,24-25,35H,2-3,6-7,13-15,17H2,1H3,(H,36,39). The Morgan fingerprint density at radius 2 is 1.83 bits per heavy atom. The molecule has 0 spiro atoms. The molecule has 2 amide bonds. The third kappa shape index (κ3) is 7.47. The number of hydrogen-bond donors (Lipinski definition) is 2. The molecule has 2 N–H and O–H groups in total. The van der Waals surface area contributed by atoms with Crippen LogP contribution in [0.3, 0.4) is 0 Å². The number of carbonyl (C=O) groups excluding carboxylic acids is 2. The van der Waals surface area contributed by atoms with Crippen molar-refractivity contribution in [2.45, 2.75) is 61.2 Å². The van der Waals surface area contributed by atoms with Crippen LogP contribution in [0.15, 0.2) is 53.7 Å². The molecule has 230 valence electrons. The summed E-state index contributed by atoms with van der Waals surface area (Å²) in [4.78, 5) is 31.8. The first kappa shape index (κ1) is 31.5. The number of ether oxygens (including phenoxy) is 1. The summed E-state index contributed by atoms with van der Waals surface area (Å²) < 4.78 is 72.7. The number of nitrogens with zero attached hydrogens (tertiary/aromatic N) is 4. The fourth-order valence-electron chi connectivity index (χ4n) is 5.38. The van der Waals surface area contributed by atoms with Gasteiger partial charge < -0.3 is 15.4 Å². The monoisotopic (exact) mass is 616 g/mol. The number of methoxy groups -OCH3 is 1. The van der Waals surface area contributed by atoms with Crippen molar-refractivity contribution in [2.75, 3.05) is 31.6 Å². The highest BCUT2D eigenvalue weighted by atomic mass is 32.5. The van der Waals surface area contributed by atoms with E-state index in [9.17, 15) is 34.3 Å². The highest BCUT2D eigenvalue weighted by Gasteiger charge is 2.65. The number of nitriles is 1. The Hall–Kier alpha value is -3.48. The van der Waals surface area contributed by atoms with Crippen LogP contribution in [-0.2, 0) is 14.3 Å². The number of benzene rings is 1. The van der Waals surface area contributed by atoms with E-state index < -0.39 is 45.1 Å². The van der Waals surface area contributed by atoms with E-state index in [-0.39, 0.29) is 42.9 Å². The van der Waals surface area contributed by atoms with E-state index in [2.05, 4.69) is 15.6 Å². The number of rotatable bonds is 11. The van der Waals surface area contributed by atoms with E-state index in [1.165, 1.54) is 31.6 Å². The normalized spacial score (nSPS) is 21.7. The molecule has 3 atom stereocenters. The van der Waals surface area contributed by atoms with Crippen molar-refractivity contribution in [1.29, 1.82) is 5.26 Å². The molecule has 4 rings (SSSR count). The molecule has 1 aliphatic heterocycles. The van der Waals surface area contributed by atoms with Crippen LogP contribution in [0, 0.1) is 11.5 Å². The van der Waals surface area contributed by atoms with Crippen molar-refractivity contribution in [1.82, 2.24) is 20.5 Å². The highest BCUT2D eigenvalue weighted by molar-refractivity contribution is 8.45. The topological polar surface area (TPSA) is 111 Å². The lowest BCUT2D eigenvalue weighted by atomic mass is 10.0. The minimum absolute atomic E-state index is 0.0651. The summed E-state index contributed by atoms with van der Waals surface area (Å²) in [6.45, 7) is 0.719. The Labute approximate surface area is 240 Å². The summed E-state index contributed by atoms with van der Waals surface area (Å²) in [6, 6.07) is 2.66. The third-order valence-corrected chi connectivity index (χ3v) is 8.69. The van der Waals surface area contributed by atoms with E-state index in [4.69, 9.17) is 4.74 Å². The van der Waals surface area contributed by atoms with Gasteiger partial charge >= 0.3 is 10.2 Å². The van der Waals surface area contributed by atoms with Gasteiger partial charge in [-0.05, 0) is 43.2 Å². The SMILES string of the molecule is COC1CC(C(=O)N(c2ccc(S(F)(F)(F)(F)F)cc2)C(C(=O)NCCNC2CCCC2)c2cccnc2)N(C#N)C1. The van der Waals surface area contributed by atoms with Gasteiger partial charge in [0.25, 0.3) is 5.91 Å². The first-order valence-corrected chi connectivity index (χ1v) is 15.4. The van der Waals surface area contributed by atoms with Crippen LogP contribution in [0.4, 0.5) is 25.1 Å². The van der Waals surface area contributed by atoms with Crippen LogP contribution in [-0.4, -0.2) is 66.6 Å². The number of nitrogens with one attached hydrogen (secondary N) is 2. The van der Waals surface area contributed by atoms with E-state index in [0.717, 1.165) is 47.6 Å². The van der Waals surface area contributed by atoms with Gasteiger partial charge in [0.15, 0.2) is 6.19 Å². The minimum Gasteiger partial charge on any atom is -0.379 e. The number of carbonyl (C=O) groups is 2. The van der Waals surface area contributed by atoms with Crippen LogP contribution >= 0.6 is 10.2 Å². The van der Waals surface area contributed by atoms with Gasteiger partial charge in [-0.25, -0.2) is 0 Å². The fourth-order valence-corrected chi connectivity index (χ4v) is 6.04. The van der Waals surface area contributed by atoms with Crippen molar-refractivity contribution in [3.63, 3.8) is 0 Å². The van der Waals surface area contributed by atoms with E-state index in [0.29, 0.717) is 12.6 Å². The number of aromatic nitrogens is 1. The maximum absolute atomic E-state index is 14.1. The Morgan fingerprint density at radius 1 is 1.14 bits per heavy atom. The first-order valence-electron chi connectivity index (χ1n) is 13.5. The summed E-state index contributed by atoms with van der Waals surface area (Å²) in [7, 11) is -8.60. The zero-order valence-corrected chi connectivity index (χ0v) is 23.7. The van der Waals surface area contributed by atoms with Crippen LogP contribution in [0.1, 0.15) is 43.7 Å². The van der Waals surface area contributed by atoms with E-state index in [1.54, 1.807) is 0 Å². The lowest BCUT2D eigenvalue weighted by Crippen LogP contribution is -2.50. The van der Waals surface area contributed by atoms with Crippen molar-refractivity contribution in [2.24, 2.45) is 0 Å². The Bertz CT molecular complexity index is 1310. The molecule has 9 nitrogen and oxygen atoms in total. The lowest BCUT2D eigenvalue weighted by molar-refractivity contribution is -0.128. The molecule has 2 aromatic rings. The van der Waals surface area contributed by atoms with Gasteiger partial charge in [0.1, 0.15) is 17.0 Å². The average Bonchev–Trinajstić information content (AvgIpc) is 3.63. The molecular formula is C27H33F5N6O3S. The molecule has 1 aromatic carbocycles. The Morgan fingerprint density at radius 3 is 2.40 bits per heavy atom. The van der Waals surface area contributed by atoms with Gasteiger partial charge in [0, 0.05) is 56.3 Å². The Balaban J connectivity index is 1.72. The molecule has 1 aliphatic carbocycles. The number of likely N-dealkylation sites (tertiary alicyclic amines) is 1. The van der Waals surface area contributed by atoms with Crippen LogP contribution in [0.2, 0.25) is 0 Å².